The molecule has 0 aliphatic rings. The van der Waals surface area contributed by atoms with Crippen LogP contribution in [0.1, 0.15) is 39.8 Å². The van der Waals surface area contributed by atoms with Gasteiger partial charge in [-0.25, -0.2) is 12.1 Å². The molecule has 0 aromatic heterocycles. The van der Waals surface area contributed by atoms with E-state index in [-0.39, 0.29) is 51.0 Å². The van der Waals surface area contributed by atoms with Gasteiger partial charge in [-0.15, -0.1) is 0 Å². The maximum atomic E-state index is 2.23. The number of hydrogen-bond donors (Lipinski definition) is 0. The van der Waals surface area contributed by atoms with E-state index in [0.29, 0.717) is 0 Å². The normalized spacial score (nSPS) is 9.33. The molecule has 0 amide bonds. The Morgan fingerprint density at radius 1 is 0.875 bits per heavy atom. The summed E-state index contributed by atoms with van der Waals surface area (Å²) < 4.78 is 0. The Bertz CT molecular complexity index is 462. The third-order valence-electron chi connectivity index (χ3n) is 4.61. The Hall–Kier alpha value is 0.123. The van der Waals surface area contributed by atoms with Crippen molar-refractivity contribution in [2.45, 2.75) is 47.5 Å². The molecule has 0 bridgehead atoms. The summed E-state index contributed by atoms with van der Waals surface area (Å²) in [6.45, 7) is 12.2. The van der Waals surface area contributed by atoms with Crippen molar-refractivity contribution in [1.82, 2.24) is 4.90 Å². The van der Waals surface area contributed by atoms with Crippen LogP contribution in [0, 0.1) is 34.6 Å². The minimum atomic E-state index is 0. The molecule has 0 fully saturated rings. The molecule has 1 nitrogen and oxygen atoms in total. The van der Waals surface area contributed by atoms with Crippen LogP contribution in [0.3, 0.4) is 0 Å². The summed E-state index contributed by atoms with van der Waals surface area (Å²) in [5, 5.41) is 0. The van der Waals surface area contributed by atoms with Crippen molar-refractivity contribution < 1.29 is 51.0 Å². The van der Waals surface area contributed by atoms with E-state index in [4.69, 9.17) is 0 Å². The molecule has 0 aliphatic carbocycles. The third-order valence-corrected chi connectivity index (χ3v) is 4.61. The first-order valence-electron chi connectivity index (χ1n) is 7.89. The molecular formula is C20H31Cl2NZr. The molecular weight excluding hydrogens is 416 g/mol. The smallest absolute Gasteiger partial charge is 1.00 e. The van der Waals surface area contributed by atoms with Crippen LogP contribution in [0.2, 0.25) is 0 Å². The molecule has 0 atom stereocenters. The first kappa shape index (κ1) is 28.9. The monoisotopic (exact) mass is 445 g/mol. The van der Waals surface area contributed by atoms with Crippen LogP contribution < -0.4 is 24.8 Å². The molecule has 0 unspecified atom stereocenters. The molecule has 2 aromatic rings. The van der Waals surface area contributed by atoms with Crippen molar-refractivity contribution in [3.8, 4) is 0 Å². The van der Waals surface area contributed by atoms with Gasteiger partial charge < -0.3 is 29.7 Å². The number of halogens is 2. The molecule has 2 aromatic carbocycles. The van der Waals surface area contributed by atoms with E-state index in [1.165, 1.54) is 52.8 Å². The van der Waals surface area contributed by atoms with Crippen LogP contribution in [-0.4, -0.2) is 25.5 Å². The molecule has 24 heavy (non-hydrogen) atoms. The van der Waals surface area contributed by atoms with Gasteiger partial charge in [-0.1, -0.05) is 41.0 Å². The molecule has 0 saturated carbocycles. The second-order valence-corrected chi connectivity index (χ2v) is 6.32. The number of nitrogens with zero attached hydrogens (tertiary/aromatic N) is 1. The minimum Gasteiger partial charge on any atom is -1.00 e. The molecule has 0 aliphatic heterocycles. The third kappa shape index (κ3) is 9.00. The van der Waals surface area contributed by atoms with Crippen LogP contribution >= 0.6 is 0 Å². The summed E-state index contributed by atoms with van der Waals surface area (Å²) >= 11 is 0. The molecule has 134 valence electrons. The Kier molecular flexibility index (Phi) is 17.2. The van der Waals surface area contributed by atoms with Gasteiger partial charge >= 0.3 is 26.2 Å². The van der Waals surface area contributed by atoms with Crippen LogP contribution in [0.4, 0.5) is 0 Å². The second-order valence-electron chi connectivity index (χ2n) is 6.32. The molecule has 0 heterocycles. The van der Waals surface area contributed by atoms with E-state index in [2.05, 4.69) is 77.9 Å². The Morgan fingerprint density at radius 2 is 1.29 bits per heavy atom. The summed E-state index contributed by atoms with van der Waals surface area (Å²) in [5.41, 5.74) is 8.80. The Labute approximate surface area is 180 Å². The zero-order valence-electron chi connectivity index (χ0n) is 16.1. The Morgan fingerprint density at radius 3 is 1.58 bits per heavy atom. The van der Waals surface area contributed by atoms with Crippen molar-refractivity contribution in [1.29, 1.82) is 0 Å². The van der Waals surface area contributed by atoms with Crippen molar-refractivity contribution in [2.24, 2.45) is 0 Å². The predicted molar refractivity (Wildman–Crippen MR) is 94.6 cm³/mol. The van der Waals surface area contributed by atoms with E-state index in [0.717, 1.165) is 0 Å². The summed E-state index contributed by atoms with van der Waals surface area (Å²) in [5.74, 6) is 0. The fourth-order valence-corrected chi connectivity index (χ4v) is 2.59. The summed E-state index contributed by atoms with van der Waals surface area (Å²) in [4.78, 5) is 2.23. The van der Waals surface area contributed by atoms with Gasteiger partial charge in [0.25, 0.3) is 0 Å². The summed E-state index contributed by atoms with van der Waals surface area (Å²) in [6.07, 6.45) is 2.47. The predicted octanol–water partition coefficient (Wildman–Crippen LogP) is -1.15. The quantitative estimate of drug-likeness (QED) is 0.536. The van der Waals surface area contributed by atoms with Gasteiger partial charge in [0.15, 0.2) is 0 Å². The van der Waals surface area contributed by atoms with Gasteiger partial charge in [0.1, 0.15) is 0 Å². The maximum Gasteiger partial charge on any atom is 4.00 e. The molecule has 0 N–H and O–H groups in total. The first-order chi connectivity index (χ1) is 9.84. The van der Waals surface area contributed by atoms with Gasteiger partial charge in [0.05, 0.1) is 0 Å². The summed E-state index contributed by atoms with van der Waals surface area (Å²) in [7, 11) is 4.23. The molecule has 0 spiro atoms. The topological polar surface area (TPSA) is 3.24 Å². The average molecular weight is 448 g/mol. The fourth-order valence-electron chi connectivity index (χ4n) is 2.59. The van der Waals surface area contributed by atoms with E-state index in [1.54, 1.807) is 0 Å². The largest absolute Gasteiger partial charge is 4.00 e. The van der Waals surface area contributed by atoms with Crippen molar-refractivity contribution in [3.05, 3.63) is 57.6 Å². The fraction of sp³-hybridized carbons (Fsp3) is 0.500. The van der Waals surface area contributed by atoms with Crippen LogP contribution in [-0.2, 0) is 32.6 Å². The van der Waals surface area contributed by atoms with Gasteiger partial charge in [0.2, 0.25) is 0 Å². The second kappa shape index (κ2) is 14.3. The summed E-state index contributed by atoms with van der Waals surface area (Å²) in [6, 6.07) is 8.58. The van der Waals surface area contributed by atoms with Gasteiger partial charge in [-0.2, -0.15) is 45.5 Å². The van der Waals surface area contributed by atoms with Crippen LogP contribution in [0.25, 0.3) is 0 Å². The maximum absolute atomic E-state index is 2.23. The van der Waals surface area contributed by atoms with Gasteiger partial charge in [0, 0.05) is 0 Å². The first-order valence-corrected chi connectivity index (χ1v) is 7.89. The molecule has 2 rings (SSSR count). The number of aryl methyl sites for hydroxylation is 1. The number of hydrogen-bond acceptors (Lipinski definition) is 1. The zero-order chi connectivity index (χ0) is 16.0. The Balaban J connectivity index is -0.000000328. The molecule has 0 radical (unpaired) electrons. The standard InChI is InChI=1S/C10H16N.C10H15.2ClH.Zr/c1-11(2)9-5-8-10-6-3-4-7-10;1-6-7(2)9(4)10(5)8(6)3;;;/h3-4,6-7H,5,8-9H2,1-2H3;1-5H3;2*1H;/q2*-1;;;+4/p-2. The van der Waals surface area contributed by atoms with Crippen LogP contribution in [0.15, 0.2) is 24.3 Å². The van der Waals surface area contributed by atoms with Crippen molar-refractivity contribution >= 4 is 0 Å². The van der Waals surface area contributed by atoms with E-state index < -0.39 is 0 Å². The SMILES string of the molecule is CN(C)CCC[c-]1cccc1.Cc1c(C)c(C)[c-](C)c1C.[Cl-].[Cl-].[Zr+4]. The van der Waals surface area contributed by atoms with Gasteiger partial charge in [-0.3, -0.25) is 0 Å². The van der Waals surface area contributed by atoms with Crippen molar-refractivity contribution in [3.63, 3.8) is 0 Å². The van der Waals surface area contributed by atoms with E-state index in [1.807, 2.05) is 0 Å². The zero-order valence-corrected chi connectivity index (χ0v) is 20.1. The van der Waals surface area contributed by atoms with Gasteiger partial charge in [-0.05, 0) is 27.1 Å². The average Bonchev–Trinajstić information content (AvgIpc) is 3.01. The van der Waals surface area contributed by atoms with Crippen LogP contribution in [0.5, 0.6) is 0 Å². The molecule has 0 saturated heterocycles. The minimum absolute atomic E-state index is 0. The van der Waals surface area contributed by atoms with E-state index >= 15 is 0 Å². The number of rotatable bonds is 4. The molecule has 4 heteroatoms. The van der Waals surface area contributed by atoms with Crippen molar-refractivity contribution in [2.75, 3.05) is 20.6 Å². The van der Waals surface area contributed by atoms with E-state index in [9.17, 15) is 0 Å².